The molecule has 0 amide bonds. The lowest BCUT2D eigenvalue weighted by Gasteiger charge is -2.16. The average Bonchev–Trinajstić information content (AvgIpc) is 2.62. The zero-order valence-electron chi connectivity index (χ0n) is 9.21. The minimum Gasteiger partial charge on any atom is -0.323 e. The summed E-state index contributed by atoms with van der Waals surface area (Å²) in [6.07, 6.45) is 4.60. The van der Waals surface area contributed by atoms with Crippen LogP contribution in [-0.4, -0.2) is 29.7 Å². The van der Waals surface area contributed by atoms with E-state index in [-0.39, 0.29) is 0 Å². The van der Waals surface area contributed by atoms with E-state index in [4.69, 9.17) is 5.73 Å². The number of sulfone groups is 1. The van der Waals surface area contributed by atoms with Crippen LogP contribution in [0.25, 0.3) is 0 Å². The Morgan fingerprint density at radius 1 is 1.60 bits per heavy atom. The maximum atomic E-state index is 11.3. The summed E-state index contributed by atoms with van der Waals surface area (Å²) in [7, 11) is -3.11. The second kappa shape index (κ2) is 4.32. The molecule has 0 bridgehead atoms. The zero-order chi connectivity index (χ0) is 11.6. The summed E-state index contributed by atoms with van der Waals surface area (Å²) < 4.78 is 24.4. The molecule has 0 radical (unpaired) electrons. The van der Waals surface area contributed by atoms with Crippen molar-refractivity contribution < 1.29 is 8.42 Å². The molecular weight excluding hydrogens is 214 g/mol. The van der Waals surface area contributed by atoms with E-state index in [9.17, 15) is 8.42 Å². The van der Waals surface area contributed by atoms with Crippen molar-refractivity contribution in [3.05, 3.63) is 18.0 Å². The predicted octanol–water partition coefficient (Wildman–Crippen LogP) is 0.336. The summed E-state index contributed by atoms with van der Waals surface area (Å²) in [5, 5.41) is 3.47. The minimum absolute atomic E-state index is 0.514. The second-order valence-corrected chi connectivity index (χ2v) is 6.09. The molecule has 1 aromatic heterocycles. The van der Waals surface area contributed by atoms with Gasteiger partial charge in [-0.05, 0) is 13.8 Å². The molecule has 0 aliphatic rings. The molecule has 2 atom stereocenters. The Morgan fingerprint density at radius 2 is 2.20 bits per heavy atom. The Bertz CT molecular complexity index is 424. The Morgan fingerprint density at radius 3 is 2.60 bits per heavy atom. The lowest BCUT2D eigenvalue weighted by Crippen LogP contribution is -2.30. The van der Waals surface area contributed by atoms with Crippen LogP contribution in [0.2, 0.25) is 0 Å². The number of aryl methyl sites for hydroxylation is 1. The van der Waals surface area contributed by atoms with Crippen LogP contribution in [0.4, 0.5) is 0 Å². The van der Waals surface area contributed by atoms with Gasteiger partial charge in [-0.2, -0.15) is 5.10 Å². The second-order valence-electron chi connectivity index (χ2n) is 3.69. The summed E-state index contributed by atoms with van der Waals surface area (Å²) in [6.45, 7) is 4.32. The predicted molar refractivity (Wildman–Crippen MR) is 59.1 cm³/mol. The topological polar surface area (TPSA) is 78.0 Å². The molecule has 5 nitrogen and oxygen atoms in total. The highest BCUT2D eigenvalue weighted by molar-refractivity contribution is 7.91. The minimum atomic E-state index is -3.11. The monoisotopic (exact) mass is 231 g/mol. The molecule has 0 saturated heterocycles. The van der Waals surface area contributed by atoms with Crippen molar-refractivity contribution in [1.29, 1.82) is 0 Å². The molecule has 1 heterocycles. The van der Waals surface area contributed by atoms with Gasteiger partial charge in [-0.3, -0.25) is 4.68 Å². The number of aromatic nitrogens is 2. The standard InChI is InChI=1S/C9H17N3O2S/c1-4-12-6-8(5-11-12)9(10)7(2)15(3,13)14/h5-7,9H,4,10H2,1-3H3. The fourth-order valence-electron chi connectivity index (χ4n) is 1.26. The highest BCUT2D eigenvalue weighted by Gasteiger charge is 2.24. The summed E-state index contributed by atoms with van der Waals surface area (Å²) >= 11 is 0. The Kier molecular flexibility index (Phi) is 3.51. The summed E-state index contributed by atoms with van der Waals surface area (Å²) in [4.78, 5) is 0. The Labute approximate surface area is 90.2 Å². The molecule has 0 fully saturated rings. The van der Waals surface area contributed by atoms with E-state index in [1.807, 2.05) is 6.92 Å². The zero-order valence-corrected chi connectivity index (χ0v) is 10.0. The van der Waals surface area contributed by atoms with Crippen LogP contribution < -0.4 is 5.73 Å². The van der Waals surface area contributed by atoms with E-state index in [1.54, 1.807) is 24.0 Å². The lowest BCUT2D eigenvalue weighted by atomic mass is 10.1. The van der Waals surface area contributed by atoms with Crippen molar-refractivity contribution in [2.45, 2.75) is 31.7 Å². The molecule has 0 aliphatic heterocycles. The van der Waals surface area contributed by atoms with Crippen molar-refractivity contribution in [1.82, 2.24) is 9.78 Å². The number of hydrogen-bond donors (Lipinski definition) is 1. The van der Waals surface area contributed by atoms with Crippen LogP contribution in [0.1, 0.15) is 25.5 Å². The van der Waals surface area contributed by atoms with Gasteiger partial charge < -0.3 is 5.73 Å². The maximum Gasteiger partial charge on any atom is 0.151 e. The first kappa shape index (κ1) is 12.2. The number of nitrogens with two attached hydrogens (primary N) is 1. The lowest BCUT2D eigenvalue weighted by molar-refractivity contribution is 0.570. The molecule has 6 heteroatoms. The van der Waals surface area contributed by atoms with Gasteiger partial charge in [0.15, 0.2) is 9.84 Å². The van der Waals surface area contributed by atoms with Crippen LogP contribution in [0.5, 0.6) is 0 Å². The molecule has 1 rings (SSSR count). The molecule has 1 aromatic rings. The first-order chi connectivity index (χ1) is 6.86. The van der Waals surface area contributed by atoms with Gasteiger partial charge in [0, 0.05) is 30.6 Å². The molecule has 15 heavy (non-hydrogen) atoms. The van der Waals surface area contributed by atoms with Gasteiger partial charge in [0.1, 0.15) is 0 Å². The Hall–Kier alpha value is -0.880. The molecule has 0 saturated carbocycles. The third kappa shape index (κ3) is 2.79. The van der Waals surface area contributed by atoms with Crippen LogP contribution >= 0.6 is 0 Å². The third-order valence-electron chi connectivity index (χ3n) is 2.54. The summed E-state index contributed by atoms with van der Waals surface area (Å²) in [5.74, 6) is 0. The normalized spacial score (nSPS) is 16.3. The van der Waals surface area contributed by atoms with E-state index in [1.165, 1.54) is 6.26 Å². The van der Waals surface area contributed by atoms with Crippen molar-refractivity contribution in [3.63, 3.8) is 0 Å². The SMILES string of the molecule is CCn1cc(C(N)C(C)S(C)(=O)=O)cn1. The number of rotatable bonds is 4. The van der Waals surface area contributed by atoms with Gasteiger partial charge >= 0.3 is 0 Å². The van der Waals surface area contributed by atoms with E-state index in [0.29, 0.717) is 0 Å². The number of nitrogens with zero attached hydrogens (tertiary/aromatic N) is 2. The van der Waals surface area contributed by atoms with Crippen molar-refractivity contribution >= 4 is 9.84 Å². The van der Waals surface area contributed by atoms with Crippen LogP contribution in [0.15, 0.2) is 12.4 Å². The average molecular weight is 231 g/mol. The van der Waals surface area contributed by atoms with E-state index >= 15 is 0 Å². The number of hydrogen-bond acceptors (Lipinski definition) is 4. The first-order valence-corrected chi connectivity index (χ1v) is 6.78. The van der Waals surface area contributed by atoms with E-state index < -0.39 is 21.1 Å². The van der Waals surface area contributed by atoms with E-state index in [0.717, 1.165) is 12.1 Å². The molecule has 0 aromatic carbocycles. The van der Waals surface area contributed by atoms with Crippen molar-refractivity contribution in [2.24, 2.45) is 5.73 Å². The molecule has 0 spiro atoms. The quantitative estimate of drug-likeness (QED) is 0.810. The first-order valence-electron chi connectivity index (χ1n) is 4.83. The smallest absolute Gasteiger partial charge is 0.151 e. The van der Waals surface area contributed by atoms with E-state index in [2.05, 4.69) is 5.10 Å². The fraction of sp³-hybridized carbons (Fsp3) is 0.667. The van der Waals surface area contributed by atoms with Crippen molar-refractivity contribution in [2.75, 3.05) is 6.26 Å². The van der Waals surface area contributed by atoms with Gasteiger partial charge in [0.05, 0.1) is 11.4 Å². The Balaban J connectivity index is 2.89. The third-order valence-corrected chi connectivity index (χ3v) is 4.19. The van der Waals surface area contributed by atoms with Gasteiger partial charge in [0.25, 0.3) is 0 Å². The summed E-state index contributed by atoms with van der Waals surface area (Å²) in [6, 6.07) is -0.514. The molecule has 86 valence electrons. The van der Waals surface area contributed by atoms with Gasteiger partial charge in [-0.1, -0.05) is 0 Å². The molecule has 2 N–H and O–H groups in total. The fourth-order valence-corrected chi connectivity index (χ4v) is 1.95. The molecule has 2 unspecified atom stereocenters. The van der Waals surface area contributed by atoms with Gasteiger partial charge in [0.2, 0.25) is 0 Å². The summed E-state index contributed by atoms with van der Waals surface area (Å²) in [5.41, 5.74) is 6.62. The largest absolute Gasteiger partial charge is 0.323 e. The van der Waals surface area contributed by atoms with Crippen LogP contribution in [-0.2, 0) is 16.4 Å². The highest BCUT2D eigenvalue weighted by Crippen LogP contribution is 2.18. The maximum absolute atomic E-state index is 11.3. The van der Waals surface area contributed by atoms with Crippen LogP contribution in [0.3, 0.4) is 0 Å². The molecule has 0 aliphatic carbocycles. The van der Waals surface area contributed by atoms with Gasteiger partial charge in [-0.25, -0.2) is 8.42 Å². The van der Waals surface area contributed by atoms with Gasteiger partial charge in [-0.15, -0.1) is 0 Å². The highest BCUT2D eigenvalue weighted by atomic mass is 32.2. The van der Waals surface area contributed by atoms with Crippen LogP contribution in [0, 0.1) is 0 Å². The molecular formula is C9H17N3O2S. The van der Waals surface area contributed by atoms with Crippen molar-refractivity contribution in [3.8, 4) is 0 Å².